The van der Waals surface area contributed by atoms with E-state index in [1.807, 2.05) is 50.5 Å². The summed E-state index contributed by atoms with van der Waals surface area (Å²) in [4.78, 5) is 17.1. The smallest absolute Gasteiger partial charge is 0.258 e. The Kier molecular flexibility index (Phi) is 6.73. The molecule has 0 unspecified atom stereocenters. The monoisotopic (exact) mass is 417 g/mol. The summed E-state index contributed by atoms with van der Waals surface area (Å²) in [6.45, 7) is 2.75. The van der Waals surface area contributed by atoms with Crippen LogP contribution in [-0.4, -0.2) is 51.1 Å². The highest BCUT2D eigenvalue weighted by Crippen LogP contribution is 2.26. The van der Waals surface area contributed by atoms with Gasteiger partial charge in [0.05, 0.1) is 6.04 Å². The van der Waals surface area contributed by atoms with E-state index in [9.17, 15) is 4.79 Å². The number of nitrogens with one attached hydrogen (secondary N) is 1. The number of anilines is 1. The van der Waals surface area contributed by atoms with Gasteiger partial charge in [0.15, 0.2) is 6.61 Å². The lowest BCUT2D eigenvalue weighted by Crippen LogP contribution is -2.38. The first kappa shape index (κ1) is 21.2. The molecule has 5 heteroatoms. The first-order chi connectivity index (χ1) is 15.1. The van der Waals surface area contributed by atoms with Crippen LogP contribution in [-0.2, 0) is 4.79 Å². The molecular formula is C26H31N3O2. The number of fused-ring (bicyclic) bond motifs is 1. The van der Waals surface area contributed by atoms with Crippen molar-refractivity contribution in [3.05, 3.63) is 72.3 Å². The number of hydrogen-bond donors (Lipinski definition) is 1. The fourth-order valence-corrected chi connectivity index (χ4v) is 4.17. The van der Waals surface area contributed by atoms with Crippen LogP contribution >= 0.6 is 0 Å². The zero-order valence-electron chi connectivity index (χ0n) is 18.4. The molecule has 31 heavy (non-hydrogen) atoms. The molecule has 0 radical (unpaired) electrons. The molecule has 1 aliphatic heterocycles. The highest BCUT2D eigenvalue weighted by molar-refractivity contribution is 5.84. The van der Waals surface area contributed by atoms with Crippen LogP contribution in [0.1, 0.15) is 24.4 Å². The van der Waals surface area contributed by atoms with Crippen molar-refractivity contribution >= 4 is 22.4 Å². The van der Waals surface area contributed by atoms with E-state index >= 15 is 0 Å². The quantitative estimate of drug-likeness (QED) is 0.596. The molecule has 0 aliphatic carbocycles. The molecule has 1 saturated heterocycles. The maximum absolute atomic E-state index is 12.5. The minimum absolute atomic E-state index is 0.0185. The van der Waals surface area contributed by atoms with Gasteiger partial charge in [-0.3, -0.25) is 9.69 Å². The molecule has 4 rings (SSSR count). The third kappa shape index (κ3) is 5.36. The highest BCUT2D eigenvalue weighted by Gasteiger charge is 2.24. The lowest BCUT2D eigenvalue weighted by molar-refractivity contribution is -0.123. The van der Waals surface area contributed by atoms with E-state index in [4.69, 9.17) is 4.74 Å². The van der Waals surface area contributed by atoms with Gasteiger partial charge in [0.2, 0.25) is 0 Å². The van der Waals surface area contributed by atoms with Crippen molar-refractivity contribution in [1.82, 2.24) is 10.2 Å². The van der Waals surface area contributed by atoms with Gasteiger partial charge in [-0.25, -0.2) is 0 Å². The summed E-state index contributed by atoms with van der Waals surface area (Å²) in [5.74, 6) is 0.617. The molecule has 1 N–H and O–H groups in total. The maximum atomic E-state index is 12.5. The predicted molar refractivity (Wildman–Crippen MR) is 127 cm³/mol. The molecule has 1 heterocycles. The van der Waals surface area contributed by atoms with Crippen LogP contribution in [0.25, 0.3) is 10.8 Å². The molecule has 5 nitrogen and oxygen atoms in total. The Balaban J connectivity index is 1.36. The van der Waals surface area contributed by atoms with Crippen LogP contribution in [0.5, 0.6) is 5.75 Å². The van der Waals surface area contributed by atoms with Gasteiger partial charge in [0, 0.05) is 26.3 Å². The largest absolute Gasteiger partial charge is 0.484 e. The van der Waals surface area contributed by atoms with Gasteiger partial charge in [0.1, 0.15) is 5.75 Å². The highest BCUT2D eigenvalue weighted by atomic mass is 16.5. The molecule has 0 bridgehead atoms. The van der Waals surface area contributed by atoms with Crippen molar-refractivity contribution in [3.8, 4) is 5.75 Å². The molecule has 162 valence electrons. The van der Waals surface area contributed by atoms with E-state index in [2.05, 4.69) is 45.4 Å². The van der Waals surface area contributed by atoms with E-state index in [0.717, 1.165) is 23.9 Å². The predicted octanol–water partition coefficient (Wildman–Crippen LogP) is 4.24. The molecule has 0 aromatic heterocycles. The Morgan fingerprint density at radius 1 is 1.00 bits per heavy atom. The first-order valence-electron chi connectivity index (χ1n) is 11.0. The van der Waals surface area contributed by atoms with Crippen molar-refractivity contribution < 1.29 is 9.53 Å². The minimum Gasteiger partial charge on any atom is -0.484 e. The molecule has 0 spiro atoms. The molecule has 1 atom stereocenters. The van der Waals surface area contributed by atoms with E-state index in [-0.39, 0.29) is 18.6 Å². The summed E-state index contributed by atoms with van der Waals surface area (Å²) in [5.41, 5.74) is 2.42. The Morgan fingerprint density at radius 3 is 2.42 bits per heavy atom. The molecule has 3 aromatic carbocycles. The van der Waals surface area contributed by atoms with Gasteiger partial charge in [-0.15, -0.1) is 0 Å². The SMILES string of the molecule is CN(C)c1ccc([C@H](CNC(=O)COc2ccc3ccccc3c2)N2CCCC2)cc1. The van der Waals surface area contributed by atoms with Crippen molar-refractivity contribution in [3.63, 3.8) is 0 Å². The Morgan fingerprint density at radius 2 is 1.71 bits per heavy atom. The van der Waals surface area contributed by atoms with Gasteiger partial charge >= 0.3 is 0 Å². The lowest BCUT2D eigenvalue weighted by atomic mass is 10.0. The number of amides is 1. The van der Waals surface area contributed by atoms with Crippen LogP contribution in [0, 0.1) is 0 Å². The number of benzene rings is 3. The summed E-state index contributed by atoms with van der Waals surface area (Å²) in [6.07, 6.45) is 2.43. The van der Waals surface area contributed by atoms with Gasteiger partial charge in [0.25, 0.3) is 5.91 Å². The summed E-state index contributed by atoms with van der Waals surface area (Å²) in [6, 6.07) is 22.9. The molecular weight excluding hydrogens is 386 g/mol. The third-order valence-electron chi connectivity index (χ3n) is 5.96. The first-order valence-corrected chi connectivity index (χ1v) is 11.0. The Bertz CT molecular complexity index is 1010. The Hall–Kier alpha value is -3.05. The third-order valence-corrected chi connectivity index (χ3v) is 5.96. The average Bonchev–Trinajstić information content (AvgIpc) is 3.32. The van der Waals surface area contributed by atoms with Crippen LogP contribution in [0.2, 0.25) is 0 Å². The van der Waals surface area contributed by atoms with Crippen molar-refractivity contribution in [1.29, 1.82) is 0 Å². The Labute approximate surface area is 184 Å². The number of hydrogen-bond acceptors (Lipinski definition) is 4. The maximum Gasteiger partial charge on any atom is 0.258 e. The number of likely N-dealkylation sites (tertiary alicyclic amines) is 1. The molecule has 1 aliphatic rings. The van der Waals surface area contributed by atoms with Gasteiger partial charge < -0.3 is 15.0 Å². The summed E-state index contributed by atoms with van der Waals surface area (Å²) < 4.78 is 5.75. The fraction of sp³-hybridized carbons (Fsp3) is 0.346. The summed E-state index contributed by atoms with van der Waals surface area (Å²) in [7, 11) is 4.09. The number of rotatable bonds is 8. The van der Waals surface area contributed by atoms with Gasteiger partial charge in [-0.1, -0.05) is 42.5 Å². The summed E-state index contributed by atoms with van der Waals surface area (Å²) >= 11 is 0. The van der Waals surface area contributed by atoms with E-state index in [1.54, 1.807) is 0 Å². The lowest BCUT2D eigenvalue weighted by Gasteiger charge is -2.28. The zero-order valence-corrected chi connectivity index (χ0v) is 18.4. The second-order valence-electron chi connectivity index (χ2n) is 8.35. The van der Waals surface area contributed by atoms with Crippen molar-refractivity contribution in [2.75, 3.05) is 45.2 Å². The van der Waals surface area contributed by atoms with Gasteiger partial charge in [-0.05, 0) is 66.5 Å². The molecule has 3 aromatic rings. The number of nitrogens with zero attached hydrogens (tertiary/aromatic N) is 2. The topological polar surface area (TPSA) is 44.8 Å². The van der Waals surface area contributed by atoms with Crippen LogP contribution in [0.15, 0.2) is 66.7 Å². The normalized spacial score (nSPS) is 15.0. The number of carbonyl (C=O) groups excluding carboxylic acids is 1. The van der Waals surface area contributed by atoms with E-state index < -0.39 is 0 Å². The van der Waals surface area contributed by atoms with Crippen molar-refractivity contribution in [2.45, 2.75) is 18.9 Å². The van der Waals surface area contributed by atoms with Crippen LogP contribution < -0.4 is 15.0 Å². The zero-order chi connectivity index (χ0) is 21.6. The number of ether oxygens (including phenoxy) is 1. The van der Waals surface area contributed by atoms with E-state index in [1.165, 1.54) is 24.1 Å². The van der Waals surface area contributed by atoms with Crippen LogP contribution in [0.4, 0.5) is 5.69 Å². The van der Waals surface area contributed by atoms with Crippen molar-refractivity contribution in [2.24, 2.45) is 0 Å². The fourth-order valence-electron chi connectivity index (χ4n) is 4.17. The minimum atomic E-state index is -0.0951. The average molecular weight is 418 g/mol. The summed E-state index contributed by atoms with van der Waals surface area (Å²) in [5, 5.41) is 5.35. The standard InChI is InChI=1S/C26H31N3O2/c1-28(2)23-12-9-21(10-13-23)25(29-15-5-6-16-29)18-27-26(30)19-31-24-14-11-20-7-3-4-8-22(20)17-24/h3-4,7-14,17,25H,5-6,15-16,18-19H2,1-2H3,(H,27,30)/t25-/m0/s1. The van der Waals surface area contributed by atoms with Gasteiger partial charge in [-0.2, -0.15) is 0 Å². The van der Waals surface area contributed by atoms with Crippen LogP contribution in [0.3, 0.4) is 0 Å². The van der Waals surface area contributed by atoms with E-state index in [0.29, 0.717) is 12.3 Å². The molecule has 0 saturated carbocycles. The molecule has 1 fully saturated rings. The second kappa shape index (κ2) is 9.84. The molecule has 1 amide bonds. The number of carbonyl (C=O) groups is 1. The second-order valence-corrected chi connectivity index (χ2v) is 8.35.